The van der Waals surface area contributed by atoms with E-state index in [0.717, 1.165) is 34.1 Å². The minimum absolute atomic E-state index is 1.11. The van der Waals surface area contributed by atoms with Crippen LogP contribution >= 0.6 is 34.0 Å². The maximum Gasteiger partial charge on any atom is 0.0728 e. The van der Waals surface area contributed by atoms with Crippen LogP contribution in [-0.2, 0) is 0 Å². The quantitative estimate of drug-likeness (QED) is 0.0908. The lowest BCUT2D eigenvalue weighted by Crippen LogP contribution is -2.11. The summed E-state index contributed by atoms with van der Waals surface area (Å²) in [6.07, 6.45) is 0. The zero-order valence-electron chi connectivity index (χ0n) is 80.0. The lowest BCUT2D eigenvalue weighted by atomic mass is 9.97. The van der Waals surface area contributed by atoms with Crippen LogP contribution in [0, 0.1) is 0 Å². The summed E-state index contributed by atoms with van der Waals surface area (Å²) in [4.78, 5) is 7.29. The molecule has 0 aliphatic rings. The monoisotopic (exact) mass is 1930 g/mol. The van der Waals surface area contributed by atoms with E-state index in [1.807, 2.05) is 34.0 Å². The van der Waals surface area contributed by atoms with Crippen molar-refractivity contribution in [3.8, 4) is 72.7 Å². The highest BCUT2D eigenvalue weighted by Crippen LogP contribution is 2.55. The molecule has 0 unspecified atom stereocenters. The van der Waals surface area contributed by atoms with Gasteiger partial charge in [-0.3, -0.25) is 0 Å². The molecular formula is C138H92N6S3. The summed E-state index contributed by atoms with van der Waals surface area (Å²) >= 11 is 5.67. The van der Waals surface area contributed by atoms with Gasteiger partial charge >= 0.3 is 0 Å². The molecule has 0 saturated heterocycles. The Kier molecular flexibility index (Phi) is 22.5. The average molecular weight is 1930 g/mol. The third kappa shape index (κ3) is 15.6. The molecule has 29 aromatic rings. The Balaban J connectivity index is 0.000000109. The van der Waals surface area contributed by atoms with Crippen LogP contribution in [0.15, 0.2) is 558 Å². The van der Waals surface area contributed by atoms with Crippen LogP contribution in [0.2, 0.25) is 0 Å². The standard InChI is InChI=1S/2C48H32N2S.C42H28N2S/c1-3-15-34(16-4-1)40-22-9-11-26-43(40)49(37-31-29-35(30-32-37)39-24-13-18-33-17-7-8-21-38(33)39)45-28-14-25-42-46-48(51-47(42)45)41-23-10-12-27-44(41)50(46)36-19-5-2-6-20-36;1-3-13-33(14-4-1)34-25-29-38(30-26-34)49(39-31-27-36(28-32-39)41-21-11-16-35-15-7-8-19-40(35)41)45-24-12-22-43-46-48(51-47(43)45)42-20-9-10-23-44(42)50(46)37-17-5-2-6-18-37;1-3-15-31(16-4-1)43(33-27-25-30(26-28-33)35-21-11-14-29-13-7-8-19-34(29)35)39-24-12-22-37-40-42(45-41(37)39)36-20-9-10-23-38(36)44(40)32-17-5-2-6-18-32/h2*1-32H;1-28H. The van der Waals surface area contributed by atoms with Crippen molar-refractivity contribution in [3.63, 3.8) is 0 Å². The number of anilines is 9. The summed E-state index contributed by atoms with van der Waals surface area (Å²) in [5, 5.41) is 15.2. The van der Waals surface area contributed by atoms with E-state index in [1.165, 1.54) is 216 Å². The maximum atomic E-state index is 2.46. The van der Waals surface area contributed by atoms with E-state index in [9.17, 15) is 0 Å². The van der Waals surface area contributed by atoms with E-state index in [0.29, 0.717) is 0 Å². The second-order valence-electron chi connectivity index (χ2n) is 37.2. The molecule has 147 heavy (non-hydrogen) atoms. The van der Waals surface area contributed by atoms with E-state index in [1.54, 1.807) is 0 Å². The van der Waals surface area contributed by atoms with Gasteiger partial charge in [-0.25, -0.2) is 0 Å². The van der Waals surface area contributed by atoms with E-state index in [4.69, 9.17) is 0 Å². The van der Waals surface area contributed by atoms with Crippen molar-refractivity contribution in [1.82, 2.24) is 13.7 Å². The van der Waals surface area contributed by atoms with Crippen molar-refractivity contribution in [2.24, 2.45) is 0 Å². The SMILES string of the molecule is c1ccc(-c2ccc(N(c3ccc(-c4cccc5ccccc45)cc3)c3cccc4c3sc3c5ccccc5n(-c5ccccc5)c43)cc2)cc1.c1ccc(-c2ccccc2N(c2ccc(-c3cccc4ccccc34)cc2)c2cccc3c2sc2c4ccccc4n(-c4ccccc4)c32)cc1.c1ccc(N(c2ccc(-c3cccc4ccccc34)cc2)c2cccc3c2sc2c4ccccc4n(-c4ccccc4)c32)cc1. The molecule has 6 aromatic heterocycles. The van der Waals surface area contributed by atoms with Crippen molar-refractivity contribution in [2.75, 3.05) is 14.7 Å². The van der Waals surface area contributed by atoms with Crippen LogP contribution in [0.5, 0.6) is 0 Å². The molecule has 0 aliphatic carbocycles. The second-order valence-corrected chi connectivity index (χ2v) is 40.3. The second kappa shape index (κ2) is 37.8. The molecule has 0 atom stereocenters. The number of benzene rings is 23. The van der Waals surface area contributed by atoms with Gasteiger partial charge < -0.3 is 28.4 Å². The minimum Gasteiger partial charge on any atom is -0.309 e. The average Bonchev–Trinajstić information content (AvgIpc) is 1.56. The van der Waals surface area contributed by atoms with Gasteiger partial charge in [0, 0.05) is 83.4 Å². The third-order valence-electron chi connectivity index (χ3n) is 28.8. The highest BCUT2D eigenvalue weighted by atomic mass is 32.1. The van der Waals surface area contributed by atoms with Gasteiger partial charge in [-0.1, -0.05) is 419 Å². The molecule has 0 radical (unpaired) electrons. The molecule has 6 heterocycles. The molecule has 692 valence electrons. The molecule has 0 N–H and O–H groups in total. The molecular weight excluding hydrogens is 1840 g/mol. The summed E-state index contributed by atoms with van der Waals surface area (Å²) in [6, 6.07) is 202. The Hall–Kier alpha value is -18.5. The summed E-state index contributed by atoms with van der Waals surface area (Å²) in [6.45, 7) is 0. The molecule has 29 rings (SSSR count). The van der Waals surface area contributed by atoms with Crippen LogP contribution < -0.4 is 14.7 Å². The molecule has 0 bridgehead atoms. The maximum absolute atomic E-state index is 2.46. The fraction of sp³-hybridized carbons (Fsp3) is 0. The van der Waals surface area contributed by atoms with Crippen LogP contribution in [0.3, 0.4) is 0 Å². The van der Waals surface area contributed by atoms with Gasteiger partial charge in [0.1, 0.15) is 0 Å². The molecule has 0 spiro atoms. The Morgan fingerprint density at radius 3 is 0.721 bits per heavy atom. The molecule has 6 nitrogen and oxygen atoms in total. The topological polar surface area (TPSA) is 24.5 Å². The molecule has 0 fully saturated rings. The summed E-state index contributed by atoms with van der Waals surface area (Å²) in [7, 11) is 0. The van der Waals surface area contributed by atoms with Crippen LogP contribution in [-0.4, -0.2) is 13.7 Å². The summed E-state index contributed by atoms with van der Waals surface area (Å²) in [5.41, 5.74) is 33.4. The Morgan fingerprint density at radius 1 is 0.136 bits per heavy atom. The van der Waals surface area contributed by atoms with E-state index < -0.39 is 0 Å². The van der Waals surface area contributed by atoms with Gasteiger partial charge in [0.05, 0.1) is 84.0 Å². The van der Waals surface area contributed by atoms with Crippen molar-refractivity contribution in [2.45, 2.75) is 0 Å². The third-order valence-corrected chi connectivity index (χ3v) is 32.5. The molecule has 9 heteroatoms. The smallest absolute Gasteiger partial charge is 0.0728 e. The van der Waals surface area contributed by atoms with Crippen molar-refractivity contribution >= 4 is 211 Å². The Morgan fingerprint density at radius 2 is 0.361 bits per heavy atom. The van der Waals surface area contributed by atoms with Crippen LogP contribution in [0.25, 0.3) is 199 Å². The predicted octanol–water partition coefficient (Wildman–Crippen LogP) is 40.2. The number of hydrogen-bond acceptors (Lipinski definition) is 6. The molecule has 0 saturated carbocycles. The van der Waals surface area contributed by atoms with Gasteiger partial charge in [-0.2, -0.15) is 0 Å². The minimum atomic E-state index is 1.11. The van der Waals surface area contributed by atoms with Gasteiger partial charge in [0.15, 0.2) is 0 Å². The van der Waals surface area contributed by atoms with Gasteiger partial charge in [-0.05, 0) is 222 Å². The van der Waals surface area contributed by atoms with E-state index >= 15 is 0 Å². The first kappa shape index (κ1) is 87.5. The zero-order valence-corrected chi connectivity index (χ0v) is 82.5. The molecule has 0 aliphatic heterocycles. The van der Waals surface area contributed by atoms with Crippen molar-refractivity contribution in [1.29, 1.82) is 0 Å². The summed E-state index contributed by atoms with van der Waals surface area (Å²) < 4.78 is 15.0. The van der Waals surface area contributed by atoms with Gasteiger partial charge in [0.2, 0.25) is 0 Å². The van der Waals surface area contributed by atoms with E-state index in [-0.39, 0.29) is 0 Å². The number of thiophene rings is 3. The fourth-order valence-electron chi connectivity index (χ4n) is 22.1. The number of aromatic nitrogens is 3. The lowest BCUT2D eigenvalue weighted by Gasteiger charge is -2.28. The van der Waals surface area contributed by atoms with Crippen LogP contribution in [0.1, 0.15) is 0 Å². The summed E-state index contributed by atoms with van der Waals surface area (Å²) in [5.74, 6) is 0. The van der Waals surface area contributed by atoms with Crippen molar-refractivity contribution < 1.29 is 0 Å². The number of hydrogen-bond donors (Lipinski definition) is 0. The largest absolute Gasteiger partial charge is 0.309 e. The number of rotatable bonds is 17. The fourth-order valence-corrected chi connectivity index (χ4v) is 26.1. The normalized spacial score (nSPS) is 11.5. The molecule has 0 amide bonds. The first-order valence-corrected chi connectivity index (χ1v) is 52.5. The van der Waals surface area contributed by atoms with Crippen molar-refractivity contribution in [3.05, 3.63) is 558 Å². The van der Waals surface area contributed by atoms with E-state index in [2.05, 4.69) is 587 Å². The first-order valence-electron chi connectivity index (χ1n) is 50.0. The number of para-hydroxylation sites is 8. The zero-order chi connectivity index (χ0) is 97.2. The predicted molar refractivity (Wildman–Crippen MR) is 632 cm³/mol. The number of fused-ring (bicyclic) bond motifs is 18. The first-order chi connectivity index (χ1) is 73.0. The molecule has 23 aromatic carbocycles. The Labute approximate surface area is 863 Å². The Bertz CT molecular complexity index is 9950. The highest BCUT2D eigenvalue weighted by Gasteiger charge is 2.29. The van der Waals surface area contributed by atoms with Gasteiger partial charge in [-0.15, -0.1) is 34.0 Å². The highest BCUT2D eigenvalue weighted by molar-refractivity contribution is 7.28. The lowest BCUT2D eigenvalue weighted by molar-refractivity contribution is 1.19. The van der Waals surface area contributed by atoms with Crippen LogP contribution in [0.4, 0.5) is 51.2 Å². The number of nitrogens with zero attached hydrogens (tertiary/aromatic N) is 6. The van der Waals surface area contributed by atoms with Gasteiger partial charge in [0.25, 0.3) is 0 Å².